The fraction of sp³-hybridized carbons (Fsp3) is 0.435. The number of benzene rings is 2. The van der Waals surface area contributed by atoms with Crippen LogP contribution in [0.2, 0.25) is 0 Å². The van der Waals surface area contributed by atoms with Gasteiger partial charge < -0.3 is 19.1 Å². The van der Waals surface area contributed by atoms with Gasteiger partial charge in [0.05, 0.1) is 14.2 Å². The first-order chi connectivity index (χ1) is 14.8. The van der Waals surface area contributed by atoms with Gasteiger partial charge in [-0.2, -0.15) is 0 Å². The fourth-order valence-corrected chi connectivity index (χ4v) is 4.24. The maximum Gasteiger partial charge on any atom is 0.260 e. The number of hydrogen-bond acceptors (Lipinski definition) is 5. The van der Waals surface area contributed by atoms with Crippen molar-refractivity contribution >= 4 is 21.8 Å². The number of carbonyl (C=O) groups is 1. The molecule has 1 aliphatic heterocycles. The Morgan fingerprint density at radius 1 is 1.06 bits per heavy atom. The Bertz CT molecular complexity index is 909. The van der Waals surface area contributed by atoms with E-state index in [1.165, 1.54) is 12.1 Å². The van der Waals surface area contributed by atoms with Gasteiger partial charge in [0.2, 0.25) is 0 Å². The van der Waals surface area contributed by atoms with Crippen LogP contribution in [0, 0.1) is 5.82 Å². The molecule has 0 aromatic heterocycles. The molecule has 6 nitrogen and oxygen atoms in total. The topological polar surface area (TPSA) is 51.2 Å². The number of nitrogens with zero attached hydrogens (tertiary/aromatic N) is 2. The molecule has 1 saturated heterocycles. The number of methoxy groups -OCH3 is 2. The summed E-state index contributed by atoms with van der Waals surface area (Å²) in [5, 5.41) is 0. The molecule has 3 rings (SSSR count). The predicted octanol–water partition coefficient (Wildman–Crippen LogP) is 4.11. The Balaban J connectivity index is 1.61. The van der Waals surface area contributed by atoms with Crippen molar-refractivity contribution in [3.8, 4) is 17.2 Å². The summed E-state index contributed by atoms with van der Waals surface area (Å²) in [6.45, 7) is 6.12. The number of ether oxygens (including phenoxy) is 3. The van der Waals surface area contributed by atoms with Gasteiger partial charge in [-0.05, 0) is 47.5 Å². The average Bonchev–Trinajstić information content (AvgIpc) is 2.76. The van der Waals surface area contributed by atoms with Crippen LogP contribution in [-0.2, 0) is 11.3 Å². The Hall–Kier alpha value is -2.32. The van der Waals surface area contributed by atoms with E-state index in [1.807, 2.05) is 11.8 Å². The zero-order chi connectivity index (χ0) is 22.5. The minimum absolute atomic E-state index is 0.0380. The van der Waals surface area contributed by atoms with E-state index in [-0.39, 0.29) is 30.4 Å². The van der Waals surface area contributed by atoms with Crippen LogP contribution in [0.5, 0.6) is 17.2 Å². The second kappa shape index (κ2) is 10.3. The normalized spacial score (nSPS) is 19.2. The summed E-state index contributed by atoms with van der Waals surface area (Å²) >= 11 is 3.46. The smallest absolute Gasteiger partial charge is 0.260 e. The first-order valence-corrected chi connectivity index (χ1v) is 10.9. The van der Waals surface area contributed by atoms with Gasteiger partial charge in [0, 0.05) is 43.9 Å². The monoisotopic (exact) mass is 494 g/mol. The Kier molecular flexibility index (Phi) is 7.78. The summed E-state index contributed by atoms with van der Waals surface area (Å²) in [5.74, 6) is 1.33. The maximum atomic E-state index is 13.2. The molecule has 2 aromatic rings. The van der Waals surface area contributed by atoms with E-state index in [4.69, 9.17) is 14.2 Å². The minimum Gasteiger partial charge on any atom is -0.496 e. The summed E-state index contributed by atoms with van der Waals surface area (Å²) < 4.78 is 30.2. The van der Waals surface area contributed by atoms with E-state index in [0.29, 0.717) is 28.3 Å². The highest BCUT2D eigenvalue weighted by Crippen LogP contribution is 2.38. The van der Waals surface area contributed by atoms with E-state index < -0.39 is 0 Å². The summed E-state index contributed by atoms with van der Waals surface area (Å²) in [7, 11) is 3.12. The van der Waals surface area contributed by atoms with Gasteiger partial charge in [0.1, 0.15) is 27.5 Å². The number of hydrogen-bond donors (Lipinski definition) is 0. The zero-order valence-corrected chi connectivity index (χ0v) is 19.8. The number of halogens is 2. The summed E-state index contributed by atoms with van der Waals surface area (Å²) in [5.41, 5.74) is 1.06. The Morgan fingerprint density at radius 3 is 2.39 bits per heavy atom. The van der Waals surface area contributed by atoms with Crippen molar-refractivity contribution in [2.45, 2.75) is 32.5 Å². The molecule has 1 heterocycles. The Morgan fingerprint density at radius 2 is 1.74 bits per heavy atom. The highest BCUT2D eigenvalue weighted by atomic mass is 79.9. The molecule has 31 heavy (non-hydrogen) atoms. The molecule has 2 aromatic carbocycles. The molecule has 2 unspecified atom stereocenters. The van der Waals surface area contributed by atoms with Crippen LogP contribution in [0.15, 0.2) is 40.9 Å². The SMILES string of the molecule is COc1cc(OC)c(Br)c(OCC(=O)N2CC(C)N(Cc3ccc(F)cc3)CC2C)c1. The van der Waals surface area contributed by atoms with Crippen LogP contribution >= 0.6 is 15.9 Å². The van der Waals surface area contributed by atoms with Gasteiger partial charge in [-0.3, -0.25) is 9.69 Å². The van der Waals surface area contributed by atoms with E-state index in [2.05, 4.69) is 27.8 Å². The highest BCUT2D eigenvalue weighted by molar-refractivity contribution is 9.10. The quantitative estimate of drug-likeness (QED) is 0.579. The summed E-state index contributed by atoms with van der Waals surface area (Å²) in [6, 6.07) is 10.2. The summed E-state index contributed by atoms with van der Waals surface area (Å²) in [6.07, 6.45) is 0. The molecule has 0 spiro atoms. The standard InChI is InChI=1S/C23H28BrFN2O4/c1-15-12-27(16(2)11-26(15)13-17-5-7-18(25)8-6-17)22(28)14-31-21-10-19(29-3)9-20(30-4)23(21)24/h5-10,15-16H,11-14H2,1-4H3. The molecular weight excluding hydrogens is 467 g/mol. The molecule has 1 amide bonds. The van der Waals surface area contributed by atoms with Crippen molar-refractivity contribution in [1.29, 1.82) is 0 Å². The first kappa shape index (κ1) is 23.3. The van der Waals surface area contributed by atoms with Crippen LogP contribution in [0.3, 0.4) is 0 Å². The second-order valence-electron chi connectivity index (χ2n) is 7.73. The van der Waals surface area contributed by atoms with Gasteiger partial charge in [-0.25, -0.2) is 4.39 Å². The molecule has 8 heteroatoms. The minimum atomic E-state index is -0.235. The molecule has 0 bridgehead atoms. The first-order valence-electron chi connectivity index (χ1n) is 10.1. The van der Waals surface area contributed by atoms with Gasteiger partial charge in [0.15, 0.2) is 6.61 Å². The summed E-state index contributed by atoms with van der Waals surface area (Å²) in [4.78, 5) is 17.1. The predicted molar refractivity (Wildman–Crippen MR) is 120 cm³/mol. The average molecular weight is 495 g/mol. The molecule has 0 N–H and O–H groups in total. The lowest BCUT2D eigenvalue weighted by molar-refractivity contribution is -0.139. The van der Waals surface area contributed by atoms with Crippen molar-refractivity contribution in [3.63, 3.8) is 0 Å². The molecule has 1 fully saturated rings. The molecule has 1 aliphatic rings. The molecule has 0 radical (unpaired) electrons. The van der Waals surface area contributed by atoms with E-state index in [1.54, 1.807) is 38.5 Å². The van der Waals surface area contributed by atoms with Gasteiger partial charge in [-0.15, -0.1) is 0 Å². The molecule has 2 atom stereocenters. The molecule has 0 saturated carbocycles. The van der Waals surface area contributed by atoms with E-state index in [9.17, 15) is 9.18 Å². The number of rotatable bonds is 7. The maximum absolute atomic E-state index is 13.2. The molecule has 0 aliphatic carbocycles. The van der Waals surface area contributed by atoms with Crippen molar-refractivity contribution in [1.82, 2.24) is 9.80 Å². The fourth-order valence-electron chi connectivity index (χ4n) is 3.73. The number of carbonyl (C=O) groups excluding carboxylic acids is 1. The second-order valence-corrected chi connectivity index (χ2v) is 8.52. The Labute approximate surface area is 191 Å². The third kappa shape index (κ3) is 5.68. The van der Waals surface area contributed by atoms with Gasteiger partial charge in [0.25, 0.3) is 5.91 Å². The third-order valence-electron chi connectivity index (χ3n) is 5.52. The van der Waals surface area contributed by atoms with Crippen molar-refractivity contribution in [2.75, 3.05) is 33.9 Å². The van der Waals surface area contributed by atoms with Gasteiger partial charge >= 0.3 is 0 Å². The van der Waals surface area contributed by atoms with E-state index in [0.717, 1.165) is 18.7 Å². The molecule has 168 valence electrons. The van der Waals surface area contributed by atoms with Gasteiger partial charge in [-0.1, -0.05) is 12.1 Å². The number of piperazine rings is 1. The lowest BCUT2D eigenvalue weighted by Gasteiger charge is -2.44. The third-order valence-corrected chi connectivity index (χ3v) is 6.30. The van der Waals surface area contributed by atoms with Crippen molar-refractivity contribution < 1.29 is 23.4 Å². The lowest BCUT2D eigenvalue weighted by atomic mass is 10.1. The lowest BCUT2D eigenvalue weighted by Crippen LogP contribution is -2.58. The highest BCUT2D eigenvalue weighted by Gasteiger charge is 2.32. The van der Waals surface area contributed by atoms with Crippen molar-refractivity contribution in [3.05, 3.63) is 52.3 Å². The van der Waals surface area contributed by atoms with Crippen LogP contribution in [0.4, 0.5) is 4.39 Å². The van der Waals surface area contributed by atoms with Crippen LogP contribution < -0.4 is 14.2 Å². The largest absolute Gasteiger partial charge is 0.496 e. The zero-order valence-electron chi connectivity index (χ0n) is 18.2. The van der Waals surface area contributed by atoms with E-state index >= 15 is 0 Å². The van der Waals surface area contributed by atoms with Crippen LogP contribution in [0.25, 0.3) is 0 Å². The number of amides is 1. The molecular formula is C23H28BrFN2O4. The van der Waals surface area contributed by atoms with Crippen molar-refractivity contribution in [2.24, 2.45) is 0 Å². The van der Waals surface area contributed by atoms with Crippen LogP contribution in [-0.4, -0.2) is 61.7 Å². The van der Waals surface area contributed by atoms with Crippen LogP contribution in [0.1, 0.15) is 19.4 Å².